The topological polar surface area (TPSA) is 76.0 Å². The van der Waals surface area contributed by atoms with Gasteiger partial charge in [0.15, 0.2) is 11.5 Å². The van der Waals surface area contributed by atoms with Gasteiger partial charge in [-0.15, -0.1) is 0 Å². The molecule has 0 aliphatic rings. The second-order valence-corrected chi connectivity index (χ2v) is 2.50. The molecule has 6 heteroatoms. The molecule has 0 bridgehead atoms. The van der Waals surface area contributed by atoms with Crippen molar-refractivity contribution < 1.29 is 77.3 Å². The first-order valence-electron chi connectivity index (χ1n) is 3.79. The number of carboxylic acid groups (broad SMARTS) is 1. The number of hydrogen-bond acceptors (Lipinski definition) is 4. The molecule has 0 spiro atoms. The van der Waals surface area contributed by atoms with E-state index in [1.807, 2.05) is 0 Å². The van der Waals surface area contributed by atoms with E-state index in [1.54, 1.807) is 0 Å². The summed E-state index contributed by atoms with van der Waals surface area (Å²) < 4.78 is 9.69. The SMILES string of the molecule is COc1ccc(C(=O)O)c(O)c1OC.[H-].[K+]. The molecule has 0 aliphatic carbocycles. The van der Waals surface area contributed by atoms with Crippen LogP contribution in [-0.2, 0) is 0 Å². The average Bonchev–Trinajstić information content (AvgIpc) is 2.16. The molecule has 0 unspecified atom stereocenters. The second-order valence-electron chi connectivity index (χ2n) is 2.50. The summed E-state index contributed by atoms with van der Waals surface area (Å²) in [5.41, 5.74) is -0.220. The van der Waals surface area contributed by atoms with E-state index in [1.165, 1.54) is 26.4 Å². The first-order valence-corrected chi connectivity index (χ1v) is 3.79. The van der Waals surface area contributed by atoms with Crippen molar-refractivity contribution in [3.63, 3.8) is 0 Å². The quantitative estimate of drug-likeness (QED) is 0.609. The standard InChI is InChI=1S/C9H10O5.K.H/c1-13-6-4-3-5(9(11)12)7(10)8(6)14-2;;/h3-4,10H,1-2H3,(H,11,12);;/q;+1;-1. The molecular weight excluding hydrogens is 227 g/mol. The number of ether oxygens (including phenoxy) is 2. The number of methoxy groups -OCH3 is 2. The van der Waals surface area contributed by atoms with Crippen molar-refractivity contribution in [2.45, 2.75) is 0 Å². The molecule has 0 saturated heterocycles. The third-order valence-electron chi connectivity index (χ3n) is 1.75. The molecule has 5 nitrogen and oxygen atoms in total. The van der Waals surface area contributed by atoms with Crippen molar-refractivity contribution >= 4 is 5.97 Å². The zero-order chi connectivity index (χ0) is 10.7. The van der Waals surface area contributed by atoms with Crippen LogP contribution >= 0.6 is 0 Å². The van der Waals surface area contributed by atoms with Crippen molar-refractivity contribution in [3.05, 3.63) is 17.7 Å². The minimum Gasteiger partial charge on any atom is -1.00 e. The van der Waals surface area contributed by atoms with Crippen molar-refractivity contribution in [2.24, 2.45) is 0 Å². The van der Waals surface area contributed by atoms with E-state index in [2.05, 4.69) is 0 Å². The van der Waals surface area contributed by atoms with Gasteiger partial charge in [-0.25, -0.2) is 4.79 Å². The molecule has 0 atom stereocenters. The number of aromatic carboxylic acids is 1. The fourth-order valence-corrected chi connectivity index (χ4v) is 1.08. The van der Waals surface area contributed by atoms with Gasteiger partial charge in [0.05, 0.1) is 14.2 Å². The van der Waals surface area contributed by atoms with Gasteiger partial charge in [-0.2, -0.15) is 0 Å². The molecule has 1 rings (SSSR count). The summed E-state index contributed by atoms with van der Waals surface area (Å²) >= 11 is 0. The first kappa shape index (κ1) is 14.7. The van der Waals surface area contributed by atoms with Crippen molar-refractivity contribution in [3.8, 4) is 17.2 Å². The van der Waals surface area contributed by atoms with E-state index >= 15 is 0 Å². The van der Waals surface area contributed by atoms with Gasteiger partial charge in [0.1, 0.15) is 5.56 Å². The third kappa shape index (κ3) is 3.09. The summed E-state index contributed by atoms with van der Waals surface area (Å²) in [6.45, 7) is 0. The van der Waals surface area contributed by atoms with Crippen LogP contribution < -0.4 is 60.9 Å². The van der Waals surface area contributed by atoms with E-state index < -0.39 is 11.7 Å². The van der Waals surface area contributed by atoms with Crippen LogP contribution in [0.3, 0.4) is 0 Å². The first-order chi connectivity index (χ1) is 6.61. The number of aromatic hydroxyl groups is 1. The number of hydrogen-bond donors (Lipinski definition) is 2. The van der Waals surface area contributed by atoms with Crippen molar-refractivity contribution in [1.82, 2.24) is 0 Å². The van der Waals surface area contributed by atoms with Gasteiger partial charge < -0.3 is 21.1 Å². The fraction of sp³-hybridized carbons (Fsp3) is 0.222. The molecule has 15 heavy (non-hydrogen) atoms. The Balaban J connectivity index is 0. The fourth-order valence-electron chi connectivity index (χ4n) is 1.08. The summed E-state index contributed by atoms with van der Waals surface area (Å²) in [5.74, 6) is -1.34. The Labute approximate surface area is 131 Å². The number of rotatable bonds is 3. The van der Waals surface area contributed by atoms with E-state index in [0.29, 0.717) is 0 Å². The average molecular weight is 238 g/mol. The molecule has 78 valence electrons. The molecule has 1 aromatic carbocycles. The van der Waals surface area contributed by atoms with Crippen molar-refractivity contribution in [1.29, 1.82) is 0 Å². The van der Waals surface area contributed by atoms with E-state index in [4.69, 9.17) is 14.6 Å². The minimum absolute atomic E-state index is 0. The molecule has 0 amide bonds. The van der Waals surface area contributed by atoms with Gasteiger partial charge in [-0.3, -0.25) is 0 Å². The second kappa shape index (κ2) is 6.34. The molecule has 2 N–H and O–H groups in total. The minimum atomic E-state index is -1.22. The van der Waals surface area contributed by atoms with Crippen LogP contribution in [0.1, 0.15) is 11.8 Å². The van der Waals surface area contributed by atoms with Gasteiger partial charge in [0.25, 0.3) is 0 Å². The molecule has 1 aromatic rings. The van der Waals surface area contributed by atoms with E-state index in [9.17, 15) is 9.90 Å². The van der Waals surface area contributed by atoms with Crippen LogP contribution in [0.4, 0.5) is 0 Å². The van der Waals surface area contributed by atoms with Gasteiger partial charge in [-0.1, -0.05) is 0 Å². The smallest absolute Gasteiger partial charge is 1.00 e. The van der Waals surface area contributed by atoms with Gasteiger partial charge in [-0.05, 0) is 12.1 Å². The monoisotopic (exact) mass is 238 g/mol. The van der Waals surface area contributed by atoms with Crippen LogP contribution in [0.5, 0.6) is 17.2 Å². The Morgan fingerprint density at radius 3 is 2.33 bits per heavy atom. The number of benzene rings is 1. The summed E-state index contributed by atoms with van der Waals surface area (Å²) in [6, 6.07) is 2.67. The number of carbonyl (C=O) groups is 1. The normalized spacial score (nSPS) is 8.93. The summed E-state index contributed by atoms with van der Waals surface area (Å²) in [6.07, 6.45) is 0. The molecule has 0 fully saturated rings. The van der Waals surface area contributed by atoms with Gasteiger partial charge >= 0.3 is 57.4 Å². The largest absolute Gasteiger partial charge is 1.00 e. The molecular formula is C9H11KO5. The predicted octanol–water partition coefficient (Wildman–Crippen LogP) is -1.78. The predicted molar refractivity (Wildman–Crippen MR) is 49.3 cm³/mol. The number of carboxylic acids is 1. The summed E-state index contributed by atoms with van der Waals surface area (Å²) in [5, 5.41) is 18.2. The zero-order valence-corrected chi connectivity index (χ0v) is 11.9. The molecule has 0 radical (unpaired) electrons. The maximum Gasteiger partial charge on any atom is 1.00 e. The van der Waals surface area contributed by atoms with Crippen LogP contribution in [0.15, 0.2) is 12.1 Å². The van der Waals surface area contributed by atoms with Crippen LogP contribution in [0.2, 0.25) is 0 Å². The molecule has 0 aromatic heterocycles. The molecule has 0 heterocycles. The van der Waals surface area contributed by atoms with Crippen molar-refractivity contribution in [2.75, 3.05) is 14.2 Å². The Morgan fingerprint density at radius 1 is 1.33 bits per heavy atom. The maximum absolute atomic E-state index is 10.6. The Bertz CT molecular complexity index is 369. The Hall–Kier alpha value is -0.274. The zero-order valence-electron chi connectivity index (χ0n) is 9.77. The Morgan fingerprint density at radius 2 is 1.93 bits per heavy atom. The van der Waals surface area contributed by atoms with Crippen LogP contribution in [0.25, 0.3) is 0 Å². The van der Waals surface area contributed by atoms with E-state index in [-0.39, 0.29) is 69.9 Å². The van der Waals surface area contributed by atoms with Gasteiger partial charge in [0, 0.05) is 0 Å². The molecule has 0 aliphatic heterocycles. The summed E-state index contributed by atoms with van der Waals surface area (Å²) in [4.78, 5) is 10.6. The molecule has 0 saturated carbocycles. The van der Waals surface area contributed by atoms with Gasteiger partial charge in [0.2, 0.25) is 5.75 Å². The number of phenols is 1. The Kier molecular flexibility index (Phi) is 6.22. The van der Waals surface area contributed by atoms with Crippen LogP contribution in [-0.4, -0.2) is 30.4 Å². The maximum atomic E-state index is 10.6. The summed E-state index contributed by atoms with van der Waals surface area (Å²) in [7, 11) is 2.72. The van der Waals surface area contributed by atoms with E-state index in [0.717, 1.165) is 0 Å². The third-order valence-corrected chi connectivity index (χ3v) is 1.75. The van der Waals surface area contributed by atoms with Crippen LogP contribution in [0, 0.1) is 0 Å².